The van der Waals surface area contributed by atoms with Gasteiger partial charge in [-0.3, -0.25) is 4.79 Å². The molecule has 1 aliphatic heterocycles. The van der Waals surface area contributed by atoms with Crippen molar-refractivity contribution in [1.29, 1.82) is 0 Å². The van der Waals surface area contributed by atoms with Crippen LogP contribution in [-0.4, -0.2) is 24.0 Å². The first-order chi connectivity index (χ1) is 7.65. The van der Waals surface area contributed by atoms with Gasteiger partial charge in [0.05, 0.1) is 12.2 Å². The van der Waals surface area contributed by atoms with Crippen LogP contribution in [0.1, 0.15) is 23.8 Å². The quantitative estimate of drug-likeness (QED) is 0.780. The first-order valence-corrected chi connectivity index (χ1v) is 5.55. The van der Waals surface area contributed by atoms with Gasteiger partial charge in [0.1, 0.15) is 5.76 Å². The predicted octanol–water partition coefficient (Wildman–Crippen LogP) is 0.517. The minimum atomic E-state index is 0.0695. The molecule has 1 fully saturated rings. The lowest BCUT2D eigenvalue weighted by Gasteiger charge is -2.26. The van der Waals surface area contributed by atoms with E-state index in [1.54, 1.807) is 0 Å². The highest BCUT2D eigenvalue weighted by atomic mass is 16.4. The van der Waals surface area contributed by atoms with E-state index in [4.69, 9.17) is 4.42 Å². The van der Waals surface area contributed by atoms with Crippen molar-refractivity contribution in [3.05, 3.63) is 17.3 Å². The lowest BCUT2D eigenvalue weighted by Crippen LogP contribution is -2.44. The number of hydrogen-bond donors (Lipinski definition) is 2. The van der Waals surface area contributed by atoms with Gasteiger partial charge in [0.15, 0.2) is 0 Å². The van der Waals surface area contributed by atoms with Crippen LogP contribution in [0, 0.1) is 19.8 Å². The van der Waals surface area contributed by atoms with Gasteiger partial charge in [0, 0.05) is 6.42 Å². The van der Waals surface area contributed by atoms with E-state index in [1.807, 2.05) is 13.8 Å². The Labute approximate surface area is 94.6 Å². The Morgan fingerprint density at radius 3 is 2.81 bits per heavy atom. The van der Waals surface area contributed by atoms with Gasteiger partial charge in [0.2, 0.25) is 11.8 Å². The summed E-state index contributed by atoms with van der Waals surface area (Å²) in [4.78, 5) is 15.7. The average Bonchev–Trinajstić information content (AvgIpc) is 2.50. The van der Waals surface area contributed by atoms with Crippen LogP contribution in [0.15, 0.2) is 4.42 Å². The van der Waals surface area contributed by atoms with Crippen LogP contribution in [-0.2, 0) is 11.3 Å². The summed E-state index contributed by atoms with van der Waals surface area (Å²) in [6.07, 6.45) is 0.589. The molecule has 2 heterocycles. The second kappa shape index (κ2) is 4.65. The van der Waals surface area contributed by atoms with Crippen molar-refractivity contribution in [2.45, 2.75) is 26.8 Å². The van der Waals surface area contributed by atoms with E-state index in [2.05, 4.69) is 15.6 Å². The van der Waals surface area contributed by atoms with Crippen molar-refractivity contribution in [3.63, 3.8) is 0 Å². The van der Waals surface area contributed by atoms with E-state index >= 15 is 0 Å². The molecule has 88 valence electrons. The minimum Gasteiger partial charge on any atom is -0.444 e. The third kappa shape index (κ3) is 2.61. The predicted molar refractivity (Wildman–Crippen MR) is 58.8 cm³/mol. The average molecular weight is 223 g/mol. The summed E-state index contributed by atoms with van der Waals surface area (Å²) in [6.45, 7) is 6.04. The summed E-state index contributed by atoms with van der Waals surface area (Å²) >= 11 is 0. The molecule has 0 bridgehead atoms. The molecule has 0 aliphatic carbocycles. The lowest BCUT2D eigenvalue weighted by atomic mass is 9.99. The molecule has 1 aromatic rings. The molecule has 0 aromatic carbocycles. The summed E-state index contributed by atoms with van der Waals surface area (Å²) in [5.41, 5.74) is 0.882. The molecule has 1 amide bonds. The molecule has 5 nitrogen and oxygen atoms in total. The maximum Gasteiger partial charge on any atom is 0.220 e. The Balaban J connectivity index is 1.75. The molecule has 0 saturated carbocycles. The topological polar surface area (TPSA) is 67.2 Å². The molecule has 5 heteroatoms. The number of carbonyl (C=O) groups excluding carboxylic acids is 1. The summed E-state index contributed by atoms with van der Waals surface area (Å²) in [5.74, 6) is 1.95. The highest BCUT2D eigenvalue weighted by Crippen LogP contribution is 2.09. The Hall–Kier alpha value is -1.36. The Bertz CT molecular complexity index is 363. The Morgan fingerprint density at radius 2 is 2.31 bits per heavy atom. The zero-order chi connectivity index (χ0) is 11.5. The molecule has 0 radical (unpaired) electrons. The van der Waals surface area contributed by atoms with Crippen LogP contribution in [0.4, 0.5) is 0 Å². The molecule has 1 saturated heterocycles. The van der Waals surface area contributed by atoms with Crippen molar-refractivity contribution in [3.8, 4) is 0 Å². The van der Waals surface area contributed by atoms with Gasteiger partial charge in [-0.05, 0) is 32.9 Å². The summed E-state index contributed by atoms with van der Waals surface area (Å²) < 4.78 is 5.37. The van der Waals surface area contributed by atoms with E-state index in [1.165, 1.54) is 0 Å². The fourth-order valence-electron chi connectivity index (χ4n) is 1.62. The summed E-state index contributed by atoms with van der Waals surface area (Å²) in [5, 5.41) is 5.96. The second-order valence-corrected chi connectivity index (χ2v) is 4.25. The van der Waals surface area contributed by atoms with Gasteiger partial charge in [-0.1, -0.05) is 0 Å². The van der Waals surface area contributed by atoms with Crippen LogP contribution in [0.2, 0.25) is 0 Å². The van der Waals surface area contributed by atoms with Crippen LogP contribution in [0.3, 0.4) is 0 Å². The smallest absolute Gasteiger partial charge is 0.220 e. The van der Waals surface area contributed by atoms with Crippen LogP contribution in [0.5, 0.6) is 0 Å². The number of amides is 1. The molecule has 1 aliphatic rings. The van der Waals surface area contributed by atoms with Gasteiger partial charge in [-0.25, -0.2) is 4.98 Å². The molecule has 1 aromatic heterocycles. The van der Waals surface area contributed by atoms with Crippen molar-refractivity contribution < 1.29 is 9.21 Å². The highest BCUT2D eigenvalue weighted by molar-refractivity contribution is 5.76. The SMILES string of the molecule is Cc1nc(CNC(=O)CC2CNC2)oc1C. The van der Waals surface area contributed by atoms with Gasteiger partial charge in [0.25, 0.3) is 0 Å². The molecule has 16 heavy (non-hydrogen) atoms. The first kappa shape index (κ1) is 11.1. The zero-order valence-electron chi connectivity index (χ0n) is 9.67. The molecule has 0 atom stereocenters. The van der Waals surface area contributed by atoms with E-state index in [9.17, 15) is 4.79 Å². The number of oxazole rings is 1. The third-order valence-electron chi connectivity index (χ3n) is 2.85. The highest BCUT2D eigenvalue weighted by Gasteiger charge is 2.20. The normalized spacial score (nSPS) is 15.9. The fourth-order valence-corrected chi connectivity index (χ4v) is 1.62. The number of nitrogens with one attached hydrogen (secondary N) is 2. The number of nitrogens with zero attached hydrogens (tertiary/aromatic N) is 1. The standard InChI is InChI=1S/C11H17N3O2/c1-7-8(2)16-11(14-7)6-13-10(15)3-9-4-12-5-9/h9,12H,3-6H2,1-2H3,(H,13,15). The Kier molecular flexibility index (Phi) is 3.24. The Morgan fingerprint density at radius 1 is 1.56 bits per heavy atom. The van der Waals surface area contributed by atoms with E-state index < -0.39 is 0 Å². The maximum absolute atomic E-state index is 11.5. The van der Waals surface area contributed by atoms with Gasteiger partial charge >= 0.3 is 0 Å². The van der Waals surface area contributed by atoms with Crippen LogP contribution < -0.4 is 10.6 Å². The van der Waals surface area contributed by atoms with E-state index in [0.29, 0.717) is 24.8 Å². The van der Waals surface area contributed by atoms with Crippen molar-refractivity contribution in [2.24, 2.45) is 5.92 Å². The third-order valence-corrected chi connectivity index (χ3v) is 2.85. The number of aryl methyl sites for hydroxylation is 2. The molecule has 0 spiro atoms. The van der Waals surface area contributed by atoms with Crippen LogP contribution in [0.25, 0.3) is 0 Å². The number of hydrogen-bond acceptors (Lipinski definition) is 4. The summed E-state index contributed by atoms with van der Waals surface area (Å²) in [6, 6.07) is 0. The molecule has 0 unspecified atom stereocenters. The number of rotatable bonds is 4. The van der Waals surface area contributed by atoms with Crippen LogP contribution >= 0.6 is 0 Å². The molecule has 2 rings (SSSR count). The first-order valence-electron chi connectivity index (χ1n) is 5.55. The van der Waals surface area contributed by atoms with E-state index in [-0.39, 0.29) is 5.91 Å². The molecular formula is C11H17N3O2. The fraction of sp³-hybridized carbons (Fsp3) is 0.636. The summed E-state index contributed by atoms with van der Waals surface area (Å²) in [7, 11) is 0. The van der Waals surface area contributed by atoms with Gasteiger partial charge in [-0.2, -0.15) is 0 Å². The van der Waals surface area contributed by atoms with Crippen molar-refractivity contribution >= 4 is 5.91 Å². The zero-order valence-corrected chi connectivity index (χ0v) is 9.67. The molecule has 2 N–H and O–H groups in total. The number of carbonyl (C=O) groups is 1. The monoisotopic (exact) mass is 223 g/mol. The molecular weight excluding hydrogens is 206 g/mol. The second-order valence-electron chi connectivity index (χ2n) is 4.25. The van der Waals surface area contributed by atoms with Gasteiger partial charge in [-0.15, -0.1) is 0 Å². The van der Waals surface area contributed by atoms with Crippen molar-refractivity contribution in [2.75, 3.05) is 13.1 Å². The van der Waals surface area contributed by atoms with Gasteiger partial charge < -0.3 is 15.1 Å². The number of aromatic nitrogens is 1. The minimum absolute atomic E-state index is 0.0695. The lowest BCUT2D eigenvalue weighted by molar-refractivity contribution is -0.122. The van der Waals surface area contributed by atoms with Crippen molar-refractivity contribution in [1.82, 2.24) is 15.6 Å². The largest absolute Gasteiger partial charge is 0.444 e. The maximum atomic E-state index is 11.5. The van der Waals surface area contributed by atoms with E-state index in [0.717, 1.165) is 24.5 Å².